The highest BCUT2D eigenvalue weighted by Crippen LogP contribution is 2.51. The van der Waals surface area contributed by atoms with Gasteiger partial charge in [0.15, 0.2) is 0 Å². The second kappa shape index (κ2) is 6.41. The van der Waals surface area contributed by atoms with Gasteiger partial charge in [0.25, 0.3) is 0 Å². The number of H-pyrrole nitrogens is 1. The molecule has 27 heavy (non-hydrogen) atoms. The first-order valence-corrected chi connectivity index (χ1v) is 9.22. The maximum atomic E-state index is 11.9. The highest BCUT2D eigenvalue weighted by molar-refractivity contribution is 5.88. The molecule has 1 N–H and O–H groups in total. The third kappa shape index (κ3) is 2.97. The van der Waals surface area contributed by atoms with Crippen LogP contribution < -0.4 is 4.74 Å². The Morgan fingerprint density at radius 1 is 1.22 bits per heavy atom. The van der Waals surface area contributed by atoms with Gasteiger partial charge in [-0.2, -0.15) is 0 Å². The Labute approximate surface area is 158 Å². The zero-order valence-corrected chi connectivity index (χ0v) is 16.1. The number of carbonyl (C=O) groups is 1. The molecule has 1 unspecified atom stereocenters. The Morgan fingerprint density at radius 3 is 2.67 bits per heavy atom. The molecule has 0 saturated heterocycles. The van der Waals surface area contributed by atoms with E-state index in [-0.39, 0.29) is 11.3 Å². The van der Waals surface area contributed by atoms with E-state index < -0.39 is 5.97 Å². The van der Waals surface area contributed by atoms with Crippen molar-refractivity contribution in [2.24, 2.45) is 0 Å². The van der Waals surface area contributed by atoms with E-state index in [9.17, 15) is 4.79 Å². The largest absolute Gasteiger partial charge is 0.497 e. The van der Waals surface area contributed by atoms with Crippen LogP contribution in [0.3, 0.4) is 0 Å². The van der Waals surface area contributed by atoms with E-state index in [0.29, 0.717) is 5.69 Å². The van der Waals surface area contributed by atoms with Crippen LogP contribution in [0.15, 0.2) is 36.4 Å². The summed E-state index contributed by atoms with van der Waals surface area (Å²) in [6, 6.07) is 11.7. The van der Waals surface area contributed by atoms with Crippen LogP contribution in [-0.2, 0) is 10.2 Å². The maximum absolute atomic E-state index is 11.9. The molecule has 0 spiro atoms. The first-order chi connectivity index (χ1) is 13.0. The minimum atomic E-state index is -0.415. The van der Waals surface area contributed by atoms with Gasteiger partial charge in [-0.15, -0.1) is 0 Å². The summed E-state index contributed by atoms with van der Waals surface area (Å²) in [4.78, 5) is 20.1. The number of aromatic nitrogens is 2. The number of aromatic amines is 1. The topological polar surface area (TPSA) is 64.2 Å². The van der Waals surface area contributed by atoms with Crippen LogP contribution in [0.1, 0.15) is 60.0 Å². The number of esters is 1. The summed E-state index contributed by atoms with van der Waals surface area (Å²) in [5, 5.41) is 1.18. The molecule has 1 atom stereocenters. The molecule has 1 aliphatic carbocycles. The number of nitrogens with one attached hydrogen (secondary N) is 1. The fourth-order valence-corrected chi connectivity index (χ4v) is 3.75. The van der Waals surface area contributed by atoms with Crippen molar-refractivity contribution >= 4 is 16.9 Å². The van der Waals surface area contributed by atoms with E-state index >= 15 is 0 Å². The van der Waals surface area contributed by atoms with E-state index in [1.54, 1.807) is 13.2 Å². The van der Waals surface area contributed by atoms with Crippen molar-refractivity contribution < 1.29 is 14.3 Å². The van der Waals surface area contributed by atoms with Gasteiger partial charge >= 0.3 is 5.97 Å². The number of rotatable bonds is 5. The normalized spacial score (nSPS) is 16.1. The Morgan fingerprint density at radius 2 is 2.00 bits per heavy atom. The quantitative estimate of drug-likeness (QED) is 0.674. The molecule has 0 bridgehead atoms. The predicted molar refractivity (Wildman–Crippen MR) is 105 cm³/mol. The smallest absolute Gasteiger partial charge is 0.356 e. The number of pyridine rings is 1. The van der Waals surface area contributed by atoms with Gasteiger partial charge in [0, 0.05) is 39.7 Å². The van der Waals surface area contributed by atoms with Crippen LogP contribution >= 0.6 is 0 Å². The Bertz CT molecular complexity index is 1020. The fourth-order valence-electron chi connectivity index (χ4n) is 3.75. The maximum Gasteiger partial charge on any atom is 0.356 e. The second-order valence-electron chi connectivity index (χ2n) is 7.55. The zero-order chi connectivity index (χ0) is 19.2. The Balaban J connectivity index is 1.86. The third-order valence-electron chi connectivity index (χ3n) is 5.69. The lowest BCUT2D eigenvalue weighted by Gasteiger charge is -2.17. The molecular weight excluding hydrogens is 340 g/mol. The lowest BCUT2D eigenvalue weighted by molar-refractivity contribution is 0.0593. The molecule has 1 saturated carbocycles. The SMILES string of the molecule is COC(=O)c1cccc(C(C)c2c(C3(C)CC3)[nH]c3cc(OC)ccc23)n1. The lowest BCUT2D eigenvalue weighted by Crippen LogP contribution is -2.11. The number of ether oxygens (including phenoxy) is 2. The summed E-state index contributed by atoms with van der Waals surface area (Å²) >= 11 is 0. The van der Waals surface area contributed by atoms with Crippen LogP contribution in [0.4, 0.5) is 0 Å². The van der Waals surface area contributed by atoms with Crippen molar-refractivity contribution in [1.29, 1.82) is 0 Å². The van der Waals surface area contributed by atoms with Crippen LogP contribution in [0, 0.1) is 0 Å². The Kier molecular flexibility index (Phi) is 4.17. The highest BCUT2D eigenvalue weighted by Gasteiger charge is 2.43. The molecule has 3 aromatic rings. The third-order valence-corrected chi connectivity index (χ3v) is 5.69. The molecule has 140 valence electrons. The number of carbonyl (C=O) groups excluding carboxylic acids is 1. The van der Waals surface area contributed by atoms with Gasteiger partial charge in [-0.25, -0.2) is 9.78 Å². The van der Waals surface area contributed by atoms with Gasteiger partial charge in [-0.05, 0) is 42.7 Å². The summed E-state index contributed by atoms with van der Waals surface area (Å²) in [6.07, 6.45) is 2.35. The number of fused-ring (bicyclic) bond motifs is 1. The molecule has 1 aliphatic rings. The molecule has 2 aromatic heterocycles. The average molecular weight is 364 g/mol. The average Bonchev–Trinajstić information content (AvgIpc) is 3.33. The monoisotopic (exact) mass is 364 g/mol. The van der Waals surface area contributed by atoms with Crippen molar-refractivity contribution in [2.75, 3.05) is 14.2 Å². The number of benzene rings is 1. The number of hydrogen-bond donors (Lipinski definition) is 1. The molecule has 0 amide bonds. The molecule has 4 rings (SSSR count). The summed E-state index contributed by atoms with van der Waals surface area (Å²) in [5.74, 6) is 0.465. The number of nitrogens with zero attached hydrogens (tertiary/aromatic N) is 1. The predicted octanol–water partition coefficient (Wildman–Crippen LogP) is 4.56. The van der Waals surface area contributed by atoms with Gasteiger partial charge in [-0.1, -0.05) is 19.9 Å². The van der Waals surface area contributed by atoms with E-state index in [2.05, 4.69) is 29.9 Å². The van der Waals surface area contributed by atoms with Crippen molar-refractivity contribution in [2.45, 2.75) is 38.0 Å². The van der Waals surface area contributed by atoms with Gasteiger partial charge < -0.3 is 14.5 Å². The van der Waals surface area contributed by atoms with Crippen LogP contribution in [0.25, 0.3) is 10.9 Å². The molecule has 1 fully saturated rings. The zero-order valence-electron chi connectivity index (χ0n) is 16.1. The van der Waals surface area contributed by atoms with Crippen LogP contribution in [0.2, 0.25) is 0 Å². The minimum Gasteiger partial charge on any atom is -0.497 e. The van der Waals surface area contributed by atoms with E-state index in [1.807, 2.05) is 24.3 Å². The summed E-state index contributed by atoms with van der Waals surface area (Å²) in [5.41, 5.74) is 4.97. The van der Waals surface area contributed by atoms with Gasteiger partial charge in [-0.3, -0.25) is 0 Å². The first-order valence-electron chi connectivity index (χ1n) is 9.22. The minimum absolute atomic E-state index is 0.0455. The molecule has 5 nitrogen and oxygen atoms in total. The first kappa shape index (κ1) is 17.6. The molecule has 0 radical (unpaired) electrons. The van der Waals surface area contributed by atoms with Gasteiger partial charge in [0.1, 0.15) is 11.4 Å². The van der Waals surface area contributed by atoms with E-state index in [4.69, 9.17) is 9.47 Å². The van der Waals surface area contributed by atoms with E-state index in [0.717, 1.165) is 17.0 Å². The summed E-state index contributed by atoms with van der Waals surface area (Å²) in [7, 11) is 3.05. The van der Waals surface area contributed by atoms with Crippen molar-refractivity contribution in [1.82, 2.24) is 9.97 Å². The van der Waals surface area contributed by atoms with Crippen molar-refractivity contribution in [3.8, 4) is 5.75 Å². The Hall–Kier alpha value is -2.82. The number of methoxy groups -OCH3 is 2. The van der Waals surface area contributed by atoms with Crippen LogP contribution in [0.5, 0.6) is 5.75 Å². The molecular formula is C22H24N2O3. The lowest BCUT2D eigenvalue weighted by atomic mass is 9.89. The fraction of sp³-hybridized carbons (Fsp3) is 0.364. The summed E-state index contributed by atoms with van der Waals surface area (Å²) < 4.78 is 10.2. The second-order valence-corrected chi connectivity index (χ2v) is 7.55. The highest BCUT2D eigenvalue weighted by atomic mass is 16.5. The van der Waals surface area contributed by atoms with Gasteiger partial charge in [0.2, 0.25) is 0 Å². The van der Waals surface area contributed by atoms with Crippen LogP contribution in [-0.4, -0.2) is 30.2 Å². The molecule has 2 heterocycles. The van der Waals surface area contributed by atoms with E-state index in [1.165, 1.54) is 36.6 Å². The molecule has 1 aromatic carbocycles. The molecule has 0 aliphatic heterocycles. The number of hydrogen-bond acceptors (Lipinski definition) is 4. The standard InChI is InChI=1S/C22H24N2O3/c1-13(16-6-5-7-17(23-16)21(25)27-4)19-15-9-8-14(26-3)12-18(15)24-20(19)22(2)10-11-22/h5-9,12-13,24H,10-11H2,1-4H3. The van der Waals surface area contributed by atoms with Crippen molar-refractivity contribution in [3.05, 3.63) is 59.0 Å². The molecule has 5 heteroatoms. The van der Waals surface area contributed by atoms with Crippen molar-refractivity contribution in [3.63, 3.8) is 0 Å². The summed E-state index contributed by atoms with van der Waals surface area (Å²) in [6.45, 7) is 4.44. The van der Waals surface area contributed by atoms with Gasteiger partial charge in [0.05, 0.1) is 14.2 Å².